The number of methoxy groups -OCH3 is 1. The lowest BCUT2D eigenvalue weighted by molar-refractivity contribution is -0.131. The summed E-state index contributed by atoms with van der Waals surface area (Å²) in [5, 5.41) is 12.4. The number of carbonyl (C=O) groups is 1. The highest BCUT2D eigenvalue weighted by molar-refractivity contribution is 8.00. The zero-order valence-corrected chi connectivity index (χ0v) is 17.2. The lowest BCUT2D eigenvalue weighted by Crippen LogP contribution is -2.42. The lowest BCUT2D eigenvalue weighted by atomic mass is 9.94. The minimum absolute atomic E-state index is 0.123. The summed E-state index contributed by atoms with van der Waals surface area (Å²) >= 11 is 1.38. The zero-order chi connectivity index (χ0) is 19.4. The maximum absolute atomic E-state index is 12.9. The van der Waals surface area contributed by atoms with Crippen molar-refractivity contribution < 1.29 is 9.53 Å². The lowest BCUT2D eigenvalue weighted by Gasteiger charge is -2.32. The van der Waals surface area contributed by atoms with Gasteiger partial charge in [-0.3, -0.25) is 4.79 Å². The summed E-state index contributed by atoms with van der Waals surface area (Å²) in [5.74, 6) is 0.811. The maximum atomic E-state index is 12.9. The number of rotatable bonds is 6. The number of hydrogen-bond acceptors (Lipinski definition) is 6. The molecule has 8 heteroatoms. The van der Waals surface area contributed by atoms with Crippen LogP contribution in [0.3, 0.4) is 0 Å². The summed E-state index contributed by atoms with van der Waals surface area (Å²) in [6.07, 6.45) is 5.87. The van der Waals surface area contributed by atoms with Gasteiger partial charge in [0.05, 0.1) is 12.4 Å². The van der Waals surface area contributed by atoms with Crippen molar-refractivity contribution in [3.05, 3.63) is 23.8 Å². The third-order valence-electron chi connectivity index (χ3n) is 5.10. The van der Waals surface area contributed by atoms with Crippen molar-refractivity contribution in [2.24, 2.45) is 0 Å². The molecule has 1 fully saturated rings. The Morgan fingerprint density at radius 1 is 1.33 bits per heavy atom. The fourth-order valence-electron chi connectivity index (χ4n) is 3.51. The average Bonchev–Trinajstić information content (AvgIpc) is 3.15. The van der Waals surface area contributed by atoms with Gasteiger partial charge in [0.2, 0.25) is 11.1 Å². The van der Waals surface area contributed by atoms with E-state index in [0.717, 1.165) is 24.1 Å². The molecule has 1 aromatic carbocycles. The van der Waals surface area contributed by atoms with E-state index in [1.54, 1.807) is 11.8 Å². The van der Waals surface area contributed by atoms with Crippen molar-refractivity contribution >= 4 is 17.7 Å². The number of aromatic nitrogens is 4. The molecule has 1 unspecified atom stereocenters. The molecule has 27 heavy (non-hydrogen) atoms. The molecule has 0 spiro atoms. The first-order valence-corrected chi connectivity index (χ1v) is 10.3. The van der Waals surface area contributed by atoms with E-state index >= 15 is 0 Å². The van der Waals surface area contributed by atoms with Crippen LogP contribution in [0.5, 0.6) is 5.75 Å². The molecule has 0 aliphatic heterocycles. The Hall–Kier alpha value is -2.09. The molecule has 1 heterocycles. The molecular formula is C19H27N5O2S. The van der Waals surface area contributed by atoms with E-state index < -0.39 is 0 Å². The van der Waals surface area contributed by atoms with E-state index in [1.807, 2.05) is 44.0 Å². The molecule has 1 amide bonds. The van der Waals surface area contributed by atoms with Crippen LogP contribution in [0.15, 0.2) is 23.4 Å². The Kier molecular flexibility index (Phi) is 6.36. The summed E-state index contributed by atoms with van der Waals surface area (Å²) in [5.41, 5.74) is 1.85. The number of thioether (sulfide) groups is 1. The maximum Gasteiger partial charge on any atom is 0.235 e. The third-order valence-corrected chi connectivity index (χ3v) is 6.12. The van der Waals surface area contributed by atoms with Gasteiger partial charge in [-0.25, -0.2) is 0 Å². The number of amides is 1. The van der Waals surface area contributed by atoms with Crippen molar-refractivity contribution in [2.75, 3.05) is 14.2 Å². The normalized spacial score (nSPS) is 16.1. The standard InChI is InChI=1S/C19H27N5O2S/c1-13-10-11-17(26-4)16(12-13)24-19(20-21-22-24)27-14(2)18(25)23(3)15-8-6-5-7-9-15/h10-12,14-15H,5-9H2,1-4H3. The van der Waals surface area contributed by atoms with Gasteiger partial charge in [0, 0.05) is 13.1 Å². The highest BCUT2D eigenvalue weighted by Gasteiger charge is 2.27. The number of aryl methyl sites for hydroxylation is 1. The number of nitrogens with zero attached hydrogens (tertiary/aromatic N) is 5. The largest absolute Gasteiger partial charge is 0.494 e. The van der Waals surface area contributed by atoms with Gasteiger partial charge in [-0.05, 0) is 54.8 Å². The number of carbonyl (C=O) groups excluding carboxylic acids is 1. The third kappa shape index (κ3) is 4.43. The Bertz CT molecular complexity index is 788. The van der Waals surface area contributed by atoms with Crippen molar-refractivity contribution in [1.29, 1.82) is 0 Å². The van der Waals surface area contributed by atoms with Crippen LogP contribution >= 0.6 is 11.8 Å². The van der Waals surface area contributed by atoms with Gasteiger partial charge in [-0.1, -0.05) is 37.1 Å². The summed E-state index contributed by atoms with van der Waals surface area (Å²) in [4.78, 5) is 14.8. The smallest absolute Gasteiger partial charge is 0.235 e. The van der Waals surface area contributed by atoms with E-state index in [4.69, 9.17) is 4.74 Å². The SMILES string of the molecule is COc1ccc(C)cc1-n1nnnc1SC(C)C(=O)N(C)C1CCCCC1. The summed E-state index contributed by atoms with van der Waals surface area (Å²) in [7, 11) is 3.54. The first-order chi connectivity index (χ1) is 13.0. The summed E-state index contributed by atoms with van der Waals surface area (Å²) in [6.45, 7) is 3.92. The molecule has 0 saturated heterocycles. The van der Waals surface area contributed by atoms with Crippen molar-refractivity contribution in [3.8, 4) is 11.4 Å². The molecule has 7 nitrogen and oxygen atoms in total. The topological polar surface area (TPSA) is 73.1 Å². The Labute approximate surface area is 164 Å². The fourth-order valence-corrected chi connectivity index (χ4v) is 4.41. The monoisotopic (exact) mass is 389 g/mol. The van der Waals surface area contributed by atoms with Gasteiger partial charge in [-0.15, -0.1) is 5.10 Å². The van der Waals surface area contributed by atoms with Crippen LogP contribution < -0.4 is 4.74 Å². The summed E-state index contributed by atoms with van der Waals surface area (Å²) in [6, 6.07) is 6.19. The molecule has 1 aromatic heterocycles. The average molecular weight is 390 g/mol. The van der Waals surface area contributed by atoms with Crippen LogP contribution in [-0.2, 0) is 4.79 Å². The molecule has 1 aliphatic rings. The molecule has 1 atom stereocenters. The first-order valence-electron chi connectivity index (χ1n) is 9.38. The molecule has 3 rings (SSSR count). The van der Waals surface area contributed by atoms with Crippen LogP contribution in [0.25, 0.3) is 5.69 Å². The van der Waals surface area contributed by atoms with E-state index in [-0.39, 0.29) is 11.2 Å². The number of benzene rings is 1. The van der Waals surface area contributed by atoms with Gasteiger partial charge < -0.3 is 9.64 Å². The van der Waals surface area contributed by atoms with Crippen LogP contribution in [0.2, 0.25) is 0 Å². The second kappa shape index (κ2) is 8.73. The highest BCUT2D eigenvalue weighted by atomic mass is 32.2. The van der Waals surface area contributed by atoms with Gasteiger partial charge in [0.15, 0.2) is 0 Å². The van der Waals surface area contributed by atoms with Crippen molar-refractivity contribution in [2.45, 2.75) is 62.4 Å². The van der Waals surface area contributed by atoms with Crippen molar-refractivity contribution in [1.82, 2.24) is 25.1 Å². The van der Waals surface area contributed by atoms with E-state index in [1.165, 1.54) is 31.0 Å². The molecule has 0 radical (unpaired) electrons. The van der Waals surface area contributed by atoms with Crippen LogP contribution in [-0.4, -0.2) is 56.5 Å². The fraction of sp³-hybridized carbons (Fsp3) is 0.579. The number of ether oxygens (including phenoxy) is 1. The number of tetrazole rings is 1. The molecular weight excluding hydrogens is 362 g/mol. The molecule has 1 saturated carbocycles. The van der Waals surface area contributed by atoms with Gasteiger partial charge in [0.25, 0.3) is 0 Å². The minimum atomic E-state index is -0.266. The van der Waals surface area contributed by atoms with Crippen LogP contribution in [0, 0.1) is 6.92 Å². The molecule has 0 bridgehead atoms. The Morgan fingerprint density at radius 3 is 2.78 bits per heavy atom. The zero-order valence-electron chi connectivity index (χ0n) is 16.4. The second-order valence-corrected chi connectivity index (χ2v) is 8.36. The van der Waals surface area contributed by atoms with Crippen LogP contribution in [0.4, 0.5) is 0 Å². The second-order valence-electron chi connectivity index (χ2n) is 7.05. The van der Waals surface area contributed by atoms with Crippen LogP contribution in [0.1, 0.15) is 44.6 Å². The molecule has 0 N–H and O–H groups in total. The molecule has 2 aromatic rings. The molecule has 146 valence electrons. The minimum Gasteiger partial charge on any atom is -0.494 e. The Balaban J connectivity index is 1.76. The van der Waals surface area contributed by atoms with Gasteiger partial charge in [0.1, 0.15) is 11.4 Å². The van der Waals surface area contributed by atoms with E-state index in [0.29, 0.717) is 16.9 Å². The van der Waals surface area contributed by atoms with E-state index in [2.05, 4.69) is 15.5 Å². The predicted octanol–water partition coefficient (Wildman–Crippen LogP) is 3.25. The van der Waals surface area contributed by atoms with Gasteiger partial charge in [-0.2, -0.15) is 4.68 Å². The van der Waals surface area contributed by atoms with E-state index in [9.17, 15) is 4.79 Å². The number of hydrogen-bond donors (Lipinski definition) is 0. The summed E-state index contributed by atoms with van der Waals surface area (Å²) < 4.78 is 7.09. The first kappa shape index (κ1) is 19.7. The highest BCUT2D eigenvalue weighted by Crippen LogP contribution is 2.30. The Morgan fingerprint density at radius 2 is 2.07 bits per heavy atom. The quantitative estimate of drug-likeness (QED) is 0.706. The van der Waals surface area contributed by atoms with Crippen molar-refractivity contribution in [3.63, 3.8) is 0 Å². The predicted molar refractivity (Wildman–Crippen MR) is 105 cm³/mol. The molecule has 1 aliphatic carbocycles. The van der Waals surface area contributed by atoms with Gasteiger partial charge >= 0.3 is 0 Å².